The smallest absolute Gasteiger partial charge is 0.177 e. The van der Waals surface area contributed by atoms with E-state index in [9.17, 15) is 0 Å². The van der Waals surface area contributed by atoms with E-state index >= 15 is 0 Å². The summed E-state index contributed by atoms with van der Waals surface area (Å²) in [6, 6.07) is 0. The maximum atomic E-state index is 5.56. The van der Waals surface area contributed by atoms with Gasteiger partial charge in [-0.05, 0) is 32.0 Å². The zero-order chi connectivity index (χ0) is 9.26. The minimum atomic E-state index is 0.362. The van der Waals surface area contributed by atoms with Crippen molar-refractivity contribution in [1.29, 1.82) is 0 Å². The van der Waals surface area contributed by atoms with E-state index < -0.39 is 0 Å². The van der Waals surface area contributed by atoms with Crippen molar-refractivity contribution < 1.29 is 4.74 Å². The second-order valence-corrected chi connectivity index (χ2v) is 3.87. The summed E-state index contributed by atoms with van der Waals surface area (Å²) in [5.41, 5.74) is 1.18. The molecular weight excluding hydrogens is 184 g/mol. The van der Waals surface area contributed by atoms with Gasteiger partial charge in [-0.3, -0.25) is 0 Å². The van der Waals surface area contributed by atoms with Crippen LogP contribution in [-0.2, 0) is 11.3 Å². The number of nitrogens with one attached hydrogen (secondary N) is 1. The van der Waals surface area contributed by atoms with Gasteiger partial charge in [0.2, 0.25) is 0 Å². The number of aromatic nitrogens is 2. The molecule has 0 spiro atoms. The Hall–Kier alpha value is -0.610. The topological polar surface area (TPSA) is 29.9 Å². The third-order valence-corrected chi connectivity index (χ3v) is 2.82. The number of ether oxygens (including phenoxy) is 1. The highest BCUT2D eigenvalue weighted by Crippen LogP contribution is 2.15. The lowest BCUT2D eigenvalue weighted by molar-refractivity contribution is 0.0962. The minimum absolute atomic E-state index is 0.362. The molecule has 13 heavy (non-hydrogen) atoms. The first-order valence-electron chi connectivity index (χ1n) is 4.64. The van der Waals surface area contributed by atoms with Crippen molar-refractivity contribution in [2.45, 2.75) is 32.4 Å². The molecule has 2 rings (SSSR count). The zero-order valence-electron chi connectivity index (χ0n) is 7.75. The van der Waals surface area contributed by atoms with Crippen LogP contribution in [0.25, 0.3) is 0 Å². The van der Waals surface area contributed by atoms with E-state index in [4.69, 9.17) is 17.0 Å². The second-order valence-electron chi connectivity index (χ2n) is 3.48. The summed E-state index contributed by atoms with van der Waals surface area (Å²) in [7, 11) is 0. The zero-order valence-corrected chi connectivity index (χ0v) is 8.56. The number of hydrogen-bond acceptors (Lipinski definition) is 2. The van der Waals surface area contributed by atoms with Crippen LogP contribution in [0.5, 0.6) is 0 Å². The normalized spacial score (nSPS) is 22.4. The van der Waals surface area contributed by atoms with E-state index in [0.29, 0.717) is 6.10 Å². The Morgan fingerprint density at radius 3 is 3.15 bits per heavy atom. The number of rotatable bonds is 2. The molecule has 3 nitrogen and oxygen atoms in total. The minimum Gasteiger partial charge on any atom is -0.376 e. The van der Waals surface area contributed by atoms with Gasteiger partial charge in [0.1, 0.15) is 0 Å². The third kappa shape index (κ3) is 1.84. The van der Waals surface area contributed by atoms with Crippen molar-refractivity contribution in [2.75, 3.05) is 6.61 Å². The molecule has 1 aliphatic rings. The summed E-state index contributed by atoms with van der Waals surface area (Å²) in [6.45, 7) is 3.86. The Morgan fingerprint density at radius 1 is 1.77 bits per heavy atom. The van der Waals surface area contributed by atoms with Crippen molar-refractivity contribution in [3.63, 3.8) is 0 Å². The van der Waals surface area contributed by atoms with Crippen molar-refractivity contribution >= 4 is 12.2 Å². The maximum Gasteiger partial charge on any atom is 0.177 e. The number of hydrogen-bond donors (Lipinski definition) is 1. The van der Waals surface area contributed by atoms with Crippen LogP contribution in [0.2, 0.25) is 0 Å². The van der Waals surface area contributed by atoms with Gasteiger partial charge in [0, 0.05) is 18.5 Å². The maximum absolute atomic E-state index is 5.56. The molecule has 0 aliphatic carbocycles. The highest BCUT2D eigenvalue weighted by molar-refractivity contribution is 7.71. The molecule has 1 N–H and O–H groups in total. The number of nitrogens with zero attached hydrogens (tertiary/aromatic N) is 1. The molecule has 1 aliphatic heterocycles. The lowest BCUT2D eigenvalue weighted by Crippen LogP contribution is -2.15. The van der Waals surface area contributed by atoms with Gasteiger partial charge in [0.15, 0.2) is 4.77 Å². The Morgan fingerprint density at radius 2 is 2.62 bits per heavy atom. The van der Waals surface area contributed by atoms with Crippen LogP contribution in [0.4, 0.5) is 0 Å². The summed E-state index contributed by atoms with van der Waals surface area (Å²) in [4.78, 5) is 3.03. The average Bonchev–Trinajstić information content (AvgIpc) is 2.70. The largest absolute Gasteiger partial charge is 0.376 e. The lowest BCUT2D eigenvalue weighted by atomic mass is 10.2. The Kier molecular flexibility index (Phi) is 2.51. The fraction of sp³-hybridized carbons (Fsp3) is 0.667. The molecule has 1 fully saturated rings. The van der Waals surface area contributed by atoms with Gasteiger partial charge in [-0.15, -0.1) is 0 Å². The van der Waals surface area contributed by atoms with E-state index in [-0.39, 0.29) is 0 Å². The van der Waals surface area contributed by atoms with E-state index in [1.807, 2.05) is 6.20 Å². The van der Waals surface area contributed by atoms with Gasteiger partial charge < -0.3 is 14.3 Å². The fourth-order valence-corrected chi connectivity index (χ4v) is 1.98. The summed E-state index contributed by atoms with van der Waals surface area (Å²) >= 11 is 5.16. The molecule has 0 saturated carbocycles. The van der Waals surface area contributed by atoms with Gasteiger partial charge in [-0.2, -0.15) is 0 Å². The first-order valence-corrected chi connectivity index (χ1v) is 5.04. The van der Waals surface area contributed by atoms with Crippen molar-refractivity contribution in [3.05, 3.63) is 16.7 Å². The highest BCUT2D eigenvalue weighted by Gasteiger charge is 2.16. The van der Waals surface area contributed by atoms with Gasteiger partial charge in [-0.1, -0.05) is 0 Å². The molecule has 0 radical (unpaired) electrons. The highest BCUT2D eigenvalue weighted by atomic mass is 32.1. The molecule has 0 amide bonds. The predicted molar refractivity (Wildman–Crippen MR) is 53.3 cm³/mol. The van der Waals surface area contributed by atoms with Gasteiger partial charge in [-0.25, -0.2) is 0 Å². The predicted octanol–water partition coefficient (Wildman–Crippen LogP) is 2.03. The van der Waals surface area contributed by atoms with E-state index in [2.05, 4.69) is 16.5 Å². The number of aryl methyl sites for hydroxylation is 1. The van der Waals surface area contributed by atoms with Crippen LogP contribution in [0.3, 0.4) is 0 Å². The fourth-order valence-electron chi connectivity index (χ4n) is 1.70. The Bertz CT molecular complexity index is 336. The van der Waals surface area contributed by atoms with Crippen LogP contribution in [0, 0.1) is 11.7 Å². The van der Waals surface area contributed by atoms with Crippen LogP contribution in [0.15, 0.2) is 6.20 Å². The molecule has 1 saturated heterocycles. The number of H-pyrrole nitrogens is 1. The monoisotopic (exact) mass is 198 g/mol. The van der Waals surface area contributed by atoms with Crippen LogP contribution in [0.1, 0.15) is 18.5 Å². The van der Waals surface area contributed by atoms with Crippen LogP contribution < -0.4 is 0 Å². The first kappa shape index (κ1) is 8.97. The van der Waals surface area contributed by atoms with Crippen molar-refractivity contribution in [1.82, 2.24) is 9.55 Å². The van der Waals surface area contributed by atoms with Gasteiger partial charge in [0.05, 0.1) is 12.6 Å². The van der Waals surface area contributed by atoms with Crippen LogP contribution >= 0.6 is 12.2 Å². The van der Waals surface area contributed by atoms with Gasteiger partial charge in [0.25, 0.3) is 0 Å². The van der Waals surface area contributed by atoms with E-state index in [1.54, 1.807) is 0 Å². The SMILES string of the molecule is Cc1c[nH]c(=S)n1CC1CCCO1. The van der Waals surface area contributed by atoms with E-state index in [0.717, 1.165) is 24.3 Å². The Balaban J connectivity index is 2.12. The van der Waals surface area contributed by atoms with Crippen molar-refractivity contribution in [2.24, 2.45) is 0 Å². The first-order chi connectivity index (χ1) is 6.27. The molecule has 1 aromatic rings. The molecule has 4 heteroatoms. The van der Waals surface area contributed by atoms with Gasteiger partial charge >= 0.3 is 0 Å². The molecule has 1 aromatic heterocycles. The standard InChI is InChI=1S/C9H14N2OS/c1-7-5-10-9(13)11(7)6-8-3-2-4-12-8/h5,8H,2-4,6H2,1H3,(H,10,13). The van der Waals surface area contributed by atoms with Crippen LogP contribution in [-0.4, -0.2) is 22.3 Å². The summed E-state index contributed by atoms with van der Waals surface area (Å²) < 4.78 is 8.46. The molecule has 1 unspecified atom stereocenters. The molecule has 2 heterocycles. The number of aromatic amines is 1. The number of imidazole rings is 1. The molecular formula is C9H14N2OS. The average molecular weight is 198 g/mol. The summed E-state index contributed by atoms with van der Waals surface area (Å²) in [5.74, 6) is 0. The summed E-state index contributed by atoms with van der Waals surface area (Å²) in [6.07, 6.45) is 4.65. The molecule has 1 atom stereocenters. The molecule has 72 valence electrons. The summed E-state index contributed by atoms with van der Waals surface area (Å²) in [5, 5.41) is 0. The Labute approximate surface area is 82.7 Å². The third-order valence-electron chi connectivity index (χ3n) is 2.49. The van der Waals surface area contributed by atoms with Crippen molar-refractivity contribution in [3.8, 4) is 0 Å². The second kappa shape index (κ2) is 3.64. The van der Waals surface area contributed by atoms with E-state index in [1.165, 1.54) is 12.1 Å². The lowest BCUT2D eigenvalue weighted by Gasteiger charge is -2.11. The quantitative estimate of drug-likeness (QED) is 0.737. The molecule has 0 aromatic carbocycles. The molecule has 0 bridgehead atoms.